The second-order valence-corrected chi connectivity index (χ2v) is 3.26. The molecule has 0 radical (unpaired) electrons. The van der Waals surface area contributed by atoms with Gasteiger partial charge in [0.1, 0.15) is 6.10 Å². The van der Waals surface area contributed by atoms with E-state index in [-0.39, 0.29) is 5.56 Å². The van der Waals surface area contributed by atoms with Crippen LogP contribution in [0.4, 0.5) is 13.2 Å². The third-order valence-corrected chi connectivity index (χ3v) is 2.18. The van der Waals surface area contributed by atoms with Crippen molar-refractivity contribution in [3.63, 3.8) is 0 Å². The predicted molar refractivity (Wildman–Crippen MR) is 49.1 cm³/mol. The van der Waals surface area contributed by atoms with Gasteiger partial charge in [0.2, 0.25) is 0 Å². The van der Waals surface area contributed by atoms with Crippen molar-refractivity contribution in [1.82, 2.24) is 0 Å². The summed E-state index contributed by atoms with van der Waals surface area (Å²) in [6, 6.07) is 2.94. The summed E-state index contributed by atoms with van der Waals surface area (Å²) in [6.45, 7) is 0. The van der Waals surface area contributed by atoms with Crippen molar-refractivity contribution in [2.45, 2.75) is 6.10 Å². The van der Waals surface area contributed by atoms with E-state index in [0.717, 1.165) is 12.1 Å². The summed E-state index contributed by atoms with van der Waals surface area (Å²) >= 11 is 0. The van der Waals surface area contributed by atoms with Crippen LogP contribution < -0.4 is 0 Å². The Kier molecular flexibility index (Phi) is 2.70. The maximum Gasteiger partial charge on any atom is 0.194 e. The van der Waals surface area contributed by atoms with Gasteiger partial charge < -0.3 is 9.52 Å². The van der Waals surface area contributed by atoms with Gasteiger partial charge in [0.05, 0.1) is 12.5 Å². The maximum absolute atomic E-state index is 12.9. The summed E-state index contributed by atoms with van der Waals surface area (Å²) in [4.78, 5) is 0. The Morgan fingerprint density at radius 3 is 2.19 bits per heavy atom. The summed E-state index contributed by atoms with van der Waals surface area (Å²) in [7, 11) is 0. The van der Waals surface area contributed by atoms with Gasteiger partial charge in [0, 0.05) is 5.56 Å². The average Bonchev–Trinajstić information content (AvgIpc) is 2.77. The van der Waals surface area contributed by atoms with Gasteiger partial charge in [-0.25, -0.2) is 13.2 Å². The van der Waals surface area contributed by atoms with E-state index in [1.165, 1.54) is 18.6 Å². The molecule has 0 amide bonds. The molecule has 0 aliphatic rings. The molecule has 0 unspecified atom stereocenters. The molecular formula is C11H7F3O2. The summed E-state index contributed by atoms with van der Waals surface area (Å²) in [5, 5.41) is 9.70. The standard InChI is InChI=1S/C11H7F3O2/c12-8-3-7(4-9(13)10(8)14)11(15)6-1-2-16-5-6/h1-5,11,15H/t11-/m1/s1. The SMILES string of the molecule is O[C@H](c1ccoc1)c1cc(F)c(F)c(F)c1. The van der Waals surface area contributed by atoms with Crippen molar-refractivity contribution in [1.29, 1.82) is 0 Å². The van der Waals surface area contributed by atoms with Crippen molar-refractivity contribution in [2.75, 3.05) is 0 Å². The van der Waals surface area contributed by atoms with Gasteiger partial charge in [0.25, 0.3) is 0 Å². The second-order valence-electron chi connectivity index (χ2n) is 3.26. The molecule has 0 spiro atoms. The molecule has 0 saturated heterocycles. The number of hydrogen-bond donors (Lipinski definition) is 1. The molecule has 0 aliphatic heterocycles. The normalized spacial score (nSPS) is 12.8. The summed E-state index contributed by atoms with van der Waals surface area (Å²) in [5.74, 6) is -4.22. The topological polar surface area (TPSA) is 33.4 Å². The fraction of sp³-hybridized carbons (Fsp3) is 0.0909. The van der Waals surface area contributed by atoms with Crippen LogP contribution in [0.5, 0.6) is 0 Å². The molecule has 5 heteroatoms. The predicted octanol–water partition coefficient (Wildman–Crippen LogP) is 2.78. The van der Waals surface area contributed by atoms with E-state index in [2.05, 4.69) is 0 Å². The zero-order valence-corrected chi connectivity index (χ0v) is 7.95. The van der Waals surface area contributed by atoms with Crippen molar-refractivity contribution in [3.8, 4) is 0 Å². The lowest BCUT2D eigenvalue weighted by molar-refractivity contribution is 0.217. The zero-order chi connectivity index (χ0) is 11.7. The molecule has 2 aromatic rings. The van der Waals surface area contributed by atoms with Gasteiger partial charge in [-0.1, -0.05) is 0 Å². The number of aliphatic hydroxyl groups is 1. The molecule has 1 atom stereocenters. The van der Waals surface area contributed by atoms with Crippen molar-refractivity contribution >= 4 is 0 Å². The first-order chi connectivity index (χ1) is 7.59. The quantitative estimate of drug-likeness (QED) is 0.802. The molecule has 16 heavy (non-hydrogen) atoms. The van der Waals surface area contributed by atoms with Crippen LogP contribution in [0.2, 0.25) is 0 Å². The Bertz CT molecular complexity index is 471. The van der Waals surface area contributed by atoms with E-state index >= 15 is 0 Å². The molecular weight excluding hydrogens is 221 g/mol. The molecule has 1 N–H and O–H groups in total. The van der Waals surface area contributed by atoms with Gasteiger partial charge in [0.15, 0.2) is 17.5 Å². The van der Waals surface area contributed by atoms with Crippen LogP contribution >= 0.6 is 0 Å². The van der Waals surface area contributed by atoms with Crippen LogP contribution in [0.3, 0.4) is 0 Å². The molecule has 0 bridgehead atoms. The Morgan fingerprint density at radius 1 is 1.06 bits per heavy atom. The number of benzene rings is 1. The van der Waals surface area contributed by atoms with Crippen LogP contribution in [-0.2, 0) is 0 Å². The minimum Gasteiger partial charge on any atom is -0.472 e. The minimum atomic E-state index is -1.55. The number of rotatable bonds is 2. The highest BCUT2D eigenvalue weighted by atomic mass is 19.2. The van der Waals surface area contributed by atoms with Gasteiger partial charge in [-0.15, -0.1) is 0 Å². The molecule has 1 aromatic carbocycles. The fourth-order valence-electron chi connectivity index (χ4n) is 1.36. The van der Waals surface area contributed by atoms with E-state index in [1.807, 2.05) is 0 Å². The highest BCUT2D eigenvalue weighted by Gasteiger charge is 2.17. The Hall–Kier alpha value is -1.75. The Labute approximate surface area is 88.9 Å². The van der Waals surface area contributed by atoms with Gasteiger partial charge in [-0.3, -0.25) is 0 Å². The van der Waals surface area contributed by atoms with Gasteiger partial charge in [-0.2, -0.15) is 0 Å². The summed E-state index contributed by atoms with van der Waals surface area (Å²) < 4.78 is 43.2. The number of hydrogen-bond acceptors (Lipinski definition) is 2. The molecule has 0 aliphatic carbocycles. The van der Waals surface area contributed by atoms with Crippen molar-refractivity contribution in [2.24, 2.45) is 0 Å². The molecule has 1 aromatic heterocycles. The Balaban J connectivity index is 2.42. The average molecular weight is 228 g/mol. The Morgan fingerprint density at radius 2 is 1.69 bits per heavy atom. The molecule has 0 saturated carbocycles. The first-order valence-corrected chi connectivity index (χ1v) is 4.44. The lowest BCUT2D eigenvalue weighted by Gasteiger charge is -2.09. The highest BCUT2D eigenvalue weighted by molar-refractivity contribution is 5.28. The van der Waals surface area contributed by atoms with Crippen molar-refractivity contribution in [3.05, 3.63) is 59.3 Å². The molecule has 2 nitrogen and oxygen atoms in total. The van der Waals surface area contributed by atoms with Gasteiger partial charge in [-0.05, 0) is 23.8 Å². The lowest BCUT2D eigenvalue weighted by atomic mass is 10.0. The highest BCUT2D eigenvalue weighted by Crippen LogP contribution is 2.25. The summed E-state index contributed by atoms with van der Waals surface area (Å²) in [5.41, 5.74) is 0.267. The van der Waals surface area contributed by atoms with Gasteiger partial charge >= 0.3 is 0 Å². The number of halogens is 3. The fourth-order valence-corrected chi connectivity index (χ4v) is 1.36. The van der Waals surface area contributed by atoms with Crippen LogP contribution in [0.1, 0.15) is 17.2 Å². The molecule has 2 rings (SSSR count). The number of furan rings is 1. The van der Waals surface area contributed by atoms with E-state index < -0.39 is 23.6 Å². The largest absolute Gasteiger partial charge is 0.472 e. The smallest absolute Gasteiger partial charge is 0.194 e. The minimum absolute atomic E-state index is 0.0715. The third-order valence-electron chi connectivity index (χ3n) is 2.18. The first-order valence-electron chi connectivity index (χ1n) is 4.44. The molecule has 0 fully saturated rings. The van der Waals surface area contributed by atoms with Crippen LogP contribution in [0, 0.1) is 17.5 Å². The van der Waals surface area contributed by atoms with Crippen molar-refractivity contribution < 1.29 is 22.7 Å². The van der Waals surface area contributed by atoms with Crippen LogP contribution in [0.25, 0.3) is 0 Å². The summed E-state index contributed by atoms with van der Waals surface area (Å²) in [6.07, 6.45) is 1.31. The second kappa shape index (κ2) is 4.02. The maximum atomic E-state index is 12.9. The van der Waals surface area contributed by atoms with E-state index in [9.17, 15) is 18.3 Å². The molecule has 1 heterocycles. The van der Waals surface area contributed by atoms with E-state index in [1.54, 1.807) is 0 Å². The van der Waals surface area contributed by atoms with Crippen LogP contribution in [0.15, 0.2) is 35.1 Å². The molecule has 84 valence electrons. The first kappa shape index (κ1) is 10.8. The lowest BCUT2D eigenvalue weighted by Crippen LogP contribution is -2.02. The zero-order valence-electron chi connectivity index (χ0n) is 7.95. The monoisotopic (exact) mass is 228 g/mol. The van der Waals surface area contributed by atoms with E-state index in [0.29, 0.717) is 5.56 Å². The third kappa shape index (κ3) is 1.81. The number of aliphatic hydroxyl groups excluding tert-OH is 1. The van der Waals surface area contributed by atoms with Crippen LogP contribution in [-0.4, -0.2) is 5.11 Å². The van der Waals surface area contributed by atoms with E-state index in [4.69, 9.17) is 4.42 Å².